The molecule has 0 aromatic carbocycles. The Labute approximate surface area is 141 Å². The molecule has 1 aliphatic rings. The smallest absolute Gasteiger partial charge is 0.271 e. The van der Waals surface area contributed by atoms with E-state index in [-0.39, 0.29) is 5.91 Å². The summed E-state index contributed by atoms with van der Waals surface area (Å²) in [6, 6.07) is 3.66. The summed E-state index contributed by atoms with van der Waals surface area (Å²) in [6.07, 6.45) is 7.66. The minimum absolute atomic E-state index is 0.110. The molecule has 7 nitrogen and oxygen atoms in total. The first-order valence-electron chi connectivity index (χ1n) is 8.60. The maximum absolute atomic E-state index is 12.2. The van der Waals surface area contributed by atoms with Gasteiger partial charge in [0.15, 0.2) is 0 Å². The van der Waals surface area contributed by atoms with Crippen LogP contribution in [0.2, 0.25) is 0 Å². The molecule has 1 saturated heterocycles. The zero-order chi connectivity index (χ0) is 16.8. The number of aromatic amines is 1. The fraction of sp³-hybridized carbons (Fsp3) is 0.529. The standard InChI is InChI=1S/C17H24N6O/c1-2-5-14-10-15(22-21-14)16(24)20-11-13-6-3-9-23(12-13)17-18-7-4-8-19-17/h4,7-8,10,13H,2-3,5-6,9,11-12H2,1H3,(H,20,24)(H,21,22). The number of H-pyrrole nitrogens is 1. The Morgan fingerprint density at radius 2 is 2.25 bits per heavy atom. The van der Waals surface area contributed by atoms with E-state index in [9.17, 15) is 4.79 Å². The topological polar surface area (TPSA) is 86.8 Å². The van der Waals surface area contributed by atoms with Crippen LogP contribution in [0.15, 0.2) is 24.5 Å². The van der Waals surface area contributed by atoms with Gasteiger partial charge in [-0.3, -0.25) is 9.89 Å². The van der Waals surface area contributed by atoms with Gasteiger partial charge in [-0.05, 0) is 37.3 Å². The minimum atomic E-state index is -0.110. The molecule has 3 rings (SSSR count). The number of hydrogen-bond donors (Lipinski definition) is 2. The highest BCUT2D eigenvalue weighted by Crippen LogP contribution is 2.19. The Hall–Kier alpha value is -2.44. The van der Waals surface area contributed by atoms with Gasteiger partial charge in [-0.2, -0.15) is 5.10 Å². The SMILES string of the molecule is CCCc1cc(C(=O)NCC2CCCN(c3ncccn3)C2)n[nH]1. The molecule has 1 amide bonds. The van der Waals surface area contributed by atoms with Crippen LogP contribution in [0.1, 0.15) is 42.4 Å². The van der Waals surface area contributed by atoms with Crippen molar-refractivity contribution in [3.05, 3.63) is 35.9 Å². The van der Waals surface area contributed by atoms with E-state index in [4.69, 9.17) is 0 Å². The van der Waals surface area contributed by atoms with Crippen molar-refractivity contribution in [2.45, 2.75) is 32.6 Å². The molecule has 3 heterocycles. The second-order valence-corrected chi connectivity index (χ2v) is 6.24. The second kappa shape index (κ2) is 7.90. The molecule has 128 valence electrons. The molecule has 1 unspecified atom stereocenters. The number of carbonyl (C=O) groups excluding carboxylic acids is 1. The predicted molar refractivity (Wildman–Crippen MR) is 91.9 cm³/mol. The van der Waals surface area contributed by atoms with Gasteiger partial charge in [0.25, 0.3) is 5.91 Å². The first kappa shape index (κ1) is 16.4. The third-order valence-electron chi connectivity index (χ3n) is 4.29. The lowest BCUT2D eigenvalue weighted by Gasteiger charge is -2.32. The number of hydrogen-bond acceptors (Lipinski definition) is 5. The molecular weight excluding hydrogens is 304 g/mol. The van der Waals surface area contributed by atoms with Crippen molar-refractivity contribution in [1.82, 2.24) is 25.5 Å². The van der Waals surface area contributed by atoms with E-state index in [1.54, 1.807) is 12.4 Å². The number of anilines is 1. The predicted octanol–water partition coefficient (Wildman–Crippen LogP) is 1.80. The van der Waals surface area contributed by atoms with E-state index in [1.807, 2.05) is 12.1 Å². The molecule has 1 fully saturated rings. The van der Waals surface area contributed by atoms with Crippen LogP contribution in [0.3, 0.4) is 0 Å². The number of rotatable bonds is 6. The number of carbonyl (C=O) groups is 1. The van der Waals surface area contributed by atoms with Gasteiger partial charge >= 0.3 is 0 Å². The normalized spacial score (nSPS) is 17.7. The Bertz CT molecular complexity index is 656. The quantitative estimate of drug-likeness (QED) is 0.844. The fourth-order valence-corrected chi connectivity index (χ4v) is 3.07. The molecule has 0 aliphatic carbocycles. The van der Waals surface area contributed by atoms with Crippen molar-refractivity contribution in [2.75, 3.05) is 24.5 Å². The number of nitrogens with zero attached hydrogens (tertiary/aromatic N) is 4. The number of aromatic nitrogens is 4. The van der Waals surface area contributed by atoms with Gasteiger partial charge < -0.3 is 10.2 Å². The van der Waals surface area contributed by atoms with Crippen molar-refractivity contribution >= 4 is 11.9 Å². The zero-order valence-electron chi connectivity index (χ0n) is 14.0. The van der Waals surface area contributed by atoms with Crippen LogP contribution in [0.25, 0.3) is 0 Å². The zero-order valence-corrected chi connectivity index (χ0v) is 14.0. The van der Waals surface area contributed by atoms with E-state index >= 15 is 0 Å². The molecule has 0 bridgehead atoms. The summed E-state index contributed by atoms with van der Waals surface area (Å²) in [6.45, 7) is 4.59. The maximum atomic E-state index is 12.2. The Morgan fingerprint density at radius 3 is 3.04 bits per heavy atom. The molecule has 1 atom stereocenters. The van der Waals surface area contributed by atoms with Crippen LogP contribution >= 0.6 is 0 Å². The molecule has 0 saturated carbocycles. The summed E-state index contributed by atoms with van der Waals surface area (Å²) in [5.74, 6) is 1.06. The Kier molecular flexibility index (Phi) is 5.40. The molecule has 0 radical (unpaired) electrons. The number of nitrogens with one attached hydrogen (secondary N) is 2. The summed E-state index contributed by atoms with van der Waals surface area (Å²) < 4.78 is 0. The molecule has 24 heavy (non-hydrogen) atoms. The van der Waals surface area contributed by atoms with Crippen molar-refractivity contribution in [3.63, 3.8) is 0 Å². The average molecular weight is 328 g/mol. The van der Waals surface area contributed by atoms with Crippen LogP contribution in [0.4, 0.5) is 5.95 Å². The summed E-state index contributed by atoms with van der Waals surface area (Å²) in [4.78, 5) is 23.0. The van der Waals surface area contributed by atoms with Crippen molar-refractivity contribution in [3.8, 4) is 0 Å². The Balaban J connectivity index is 1.51. The van der Waals surface area contributed by atoms with E-state index < -0.39 is 0 Å². The van der Waals surface area contributed by atoms with E-state index in [1.165, 1.54) is 0 Å². The molecule has 2 aromatic rings. The van der Waals surface area contributed by atoms with Gasteiger partial charge in [-0.15, -0.1) is 0 Å². The van der Waals surface area contributed by atoms with Gasteiger partial charge in [-0.25, -0.2) is 9.97 Å². The molecule has 0 spiro atoms. The lowest BCUT2D eigenvalue weighted by molar-refractivity contribution is 0.0940. The first-order valence-corrected chi connectivity index (χ1v) is 8.60. The molecule has 2 N–H and O–H groups in total. The first-order chi connectivity index (χ1) is 11.8. The van der Waals surface area contributed by atoms with E-state index in [0.717, 1.165) is 50.4 Å². The lowest BCUT2D eigenvalue weighted by Crippen LogP contribution is -2.41. The second-order valence-electron chi connectivity index (χ2n) is 6.24. The van der Waals surface area contributed by atoms with Crippen LogP contribution in [-0.4, -0.2) is 45.7 Å². The van der Waals surface area contributed by atoms with Crippen LogP contribution in [0.5, 0.6) is 0 Å². The lowest BCUT2D eigenvalue weighted by atomic mass is 9.98. The largest absolute Gasteiger partial charge is 0.350 e. The molecule has 2 aromatic heterocycles. The number of amides is 1. The summed E-state index contributed by atoms with van der Waals surface area (Å²) >= 11 is 0. The summed E-state index contributed by atoms with van der Waals surface area (Å²) in [5.41, 5.74) is 1.48. The average Bonchev–Trinajstić information content (AvgIpc) is 3.10. The highest BCUT2D eigenvalue weighted by atomic mass is 16.1. The molecule has 7 heteroatoms. The van der Waals surface area contributed by atoms with Crippen molar-refractivity contribution < 1.29 is 4.79 Å². The summed E-state index contributed by atoms with van der Waals surface area (Å²) in [7, 11) is 0. The number of aryl methyl sites for hydroxylation is 1. The fourth-order valence-electron chi connectivity index (χ4n) is 3.07. The Morgan fingerprint density at radius 1 is 1.42 bits per heavy atom. The molecular formula is C17H24N6O. The van der Waals surface area contributed by atoms with Gasteiger partial charge in [-0.1, -0.05) is 13.3 Å². The van der Waals surface area contributed by atoms with Crippen molar-refractivity contribution in [2.24, 2.45) is 5.92 Å². The van der Waals surface area contributed by atoms with Gasteiger partial charge in [0.1, 0.15) is 5.69 Å². The van der Waals surface area contributed by atoms with Gasteiger partial charge in [0.2, 0.25) is 5.95 Å². The maximum Gasteiger partial charge on any atom is 0.271 e. The van der Waals surface area contributed by atoms with Crippen molar-refractivity contribution in [1.29, 1.82) is 0 Å². The van der Waals surface area contributed by atoms with Crippen LogP contribution < -0.4 is 10.2 Å². The third kappa shape index (κ3) is 4.10. The monoisotopic (exact) mass is 328 g/mol. The van der Waals surface area contributed by atoms with Crippen LogP contribution in [0, 0.1) is 5.92 Å². The molecule has 1 aliphatic heterocycles. The highest BCUT2D eigenvalue weighted by Gasteiger charge is 2.22. The highest BCUT2D eigenvalue weighted by molar-refractivity contribution is 5.92. The van der Waals surface area contributed by atoms with Gasteiger partial charge in [0, 0.05) is 37.7 Å². The van der Waals surface area contributed by atoms with E-state index in [2.05, 4.69) is 37.3 Å². The van der Waals surface area contributed by atoms with E-state index in [0.29, 0.717) is 18.2 Å². The number of piperidine rings is 1. The van der Waals surface area contributed by atoms with Gasteiger partial charge in [0.05, 0.1) is 0 Å². The third-order valence-corrected chi connectivity index (χ3v) is 4.29. The summed E-state index contributed by atoms with van der Waals surface area (Å²) in [5, 5.41) is 10.0. The minimum Gasteiger partial charge on any atom is -0.350 e. The van der Waals surface area contributed by atoms with Crippen LogP contribution in [-0.2, 0) is 6.42 Å².